The lowest BCUT2D eigenvalue weighted by Gasteiger charge is -2.12. The van der Waals surface area contributed by atoms with E-state index in [0.29, 0.717) is 23.2 Å². The molecule has 5 heteroatoms. The van der Waals surface area contributed by atoms with Crippen LogP contribution in [0.15, 0.2) is 40.6 Å². The zero-order valence-electron chi connectivity index (χ0n) is 12.6. The number of halogens is 1. The van der Waals surface area contributed by atoms with Gasteiger partial charge in [-0.1, -0.05) is 19.9 Å². The molecule has 1 aromatic heterocycles. The van der Waals surface area contributed by atoms with Crippen LogP contribution in [-0.4, -0.2) is 16.5 Å². The molecule has 0 radical (unpaired) electrons. The van der Waals surface area contributed by atoms with Crippen molar-refractivity contribution >= 4 is 11.8 Å². The summed E-state index contributed by atoms with van der Waals surface area (Å²) in [4.78, 5) is 9.38. The third-order valence-corrected chi connectivity index (χ3v) is 3.88. The van der Waals surface area contributed by atoms with E-state index < -0.39 is 0 Å². The predicted molar refractivity (Wildman–Crippen MR) is 83.8 cm³/mol. The van der Waals surface area contributed by atoms with Crippen LogP contribution in [0.3, 0.4) is 0 Å². The second kappa shape index (κ2) is 7.52. The molecule has 0 fully saturated rings. The van der Waals surface area contributed by atoms with E-state index in [-0.39, 0.29) is 5.82 Å². The molecule has 2 rings (SSSR count). The molecule has 1 N–H and O–H groups in total. The summed E-state index contributed by atoms with van der Waals surface area (Å²) in [5.74, 6) is 0.344. The van der Waals surface area contributed by atoms with Crippen LogP contribution in [0, 0.1) is 18.7 Å². The summed E-state index contributed by atoms with van der Waals surface area (Å²) >= 11 is 1.39. The highest BCUT2D eigenvalue weighted by Gasteiger charge is 2.11. The van der Waals surface area contributed by atoms with Crippen molar-refractivity contribution in [2.45, 2.75) is 37.4 Å². The van der Waals surface area contributed by atoms with Gasteiger partial charge in [-0.3, -0.25) is 0 Å². The molecule has 1 aromatic carbocycles. The lowest BCUT2D eigenvalue weighted by atomic mass is 10.2. The largest absolute Gasteiger partial charge is 0.312 e. The van der Waals surface area contributed by atoms with E-state index in [1.54, 1.807) is 18.5 Å². The van der Waals surface area contributed by atoms with Crippen LogP contribution in [0.25, 0.3) is 0 Å². The first-order valence-corrected chi connectivity index (χ1v) is 7.82. The average Bonchev–Trinajstić information content (AvgIpc) is 2.44. The fourth-order valence-electron chi connectivity index (χ4n) is 1.82. The molecule has 0 saturated heterocycles. The van der Waals surface area contributed by atoms with Crippen molar-refractivity contribution in [3.8, 4) is 0 Å². The fraction of sp³-hybridized carbons (Fsp3) is 0.375. The molecule has 2 aromatic rings. The molecule has 1 heterocycles. The summed E-state index contributed by atoms with van der Waals surface area (Å²) in [5, 5.41) is 3.92. The molecule has 0 aliphatic carbocycles. The van der Waals surface area contributed by atoms with Gasteiger partial charge in [0.15, 0.2) is 5.16 Å². The molecule has 112 valence electrons. The van der Waals surface area contributed by atoms with Crippen molar-refractivity contribution in [1.82, 2.24) is 15.3 Å². The summed E-state index contributed by atoms with van der Waals surface area (Å²) in [6.45, 7) is 7.57. The molecule has 0 saturated carbocycles. The van der Waals surface area contributed by atoms with Crippen LogP contribution in [-0.2, 0) is 6.54 Å². The van der Waals surface area contributed by atoms with Crippen LogP contribution in [0.1, 0.15) is 25.0 Å². The zero-order chi connectivity index (χ0) is 15.2. The Balaban J connectivity index is 2.14. The first-order valence-electron chi connectivity index (χ1n) is 7.01. The van der Waals surface area contributed by atoms with Gasteiger partial charge in [-0.25, -0.2) is 14.4 Å². The number of nitrogens with zero attached hydrogens (tertiary/aromatic N) is 2. The summed E-state index contributed by atoms with van der Waals surface area (Å²) in [6, 6.07) is 5.12. The topological polar surface area (TPSA) is 37.8 Å². The Bertz CT molecular complexity index is 585. The second-order valence-electron chi connectivity index (χ2n) is 5.39. The third kappa shape index (κ3) is 4.79. The molecule has 3 nitrogen and oxygen atoms in total. The lowest BCUT2D eigenvalue weighted by molar-refractivity contribution is 0.530. The van der Waals surface area contributed by atoms with Crippen LogP contribution in [0.2, 0.25) is 0 Å². The maximum Gasteiger partial charge on any atom is 0.192 e. The van der Waals surface area contributed by atoms with Crippen LogP contribution in [0.4, 0.5) is 4.39 Å². The number of aryl methyl sites for hydroxylation is 1. The van der Waals surface area contributed by atoms with Gasteiger partial charge >= 0.3 is 0 Å². The number of rotatable bonds is 6. The number of aromatic nitrogens is 2. The lowest BCUT2D eigenvalue weighted by Crippen LogP contribution is -2.20. The van der Waals surface area contributed by atoms with Crippen molar-refractivity contribution in [3.05, 3.63) is 47.5 Å². The minimum absolute atomic E-state index is 0.191. The molecule has 0 unspecified atom stereocenters. The monoisotopic (exact) mass is 305 g/mol. The molecule has 0 bridgehead atoms. The predicted octanol–water partition coefficient (Wildman–Crippen LogP) is 3.82. The van der Waals surface area contributed by atoms with Crippen molar-refractivity contribution in [2.75, 3.05) is 6.54 Å². The summed E-state index contributed by atoms with van der Waals surface area (Å²) in [7, 11) is 0. The number of hydrogen-bond acceptors (Lipinski definition) is 4. The maximum absolute atomic E-state index is 14.0. The van der Waals surface area contributed by atoms with Crippen LogP contribution >= 0.6 is 11.8 Å². The molecular formula is C16H20FN3S. The average molecular weight is 305 g/mol. The number of hydrogen-bond donors (Lipinski definition) is 1. The summed E-state index contributed by atoms with van der Waals surface area (Å²) < 4.78 is 14.0. The quantitative estimate of drug-likeness (QED) is 0.823. The Morgan fingerprint density at radius 3 is 2.62 bits per heavy atom. The Morgan fingerprint density at radius 1 is 1.24 bits per heavy atom. The SMILES string of the molecule is Cc1cnc(Sc2cccc(F)c2CNCC(C)C)nc1. The van der Waals surface area contributed by atoms with Crippen molar-refractivity contribution < 1.29 is 4.39 Å². The normalized spacial score (nSPS) is 11.1. The molecule has 0 aliphatic heterocycles. The van der Waals surface area contributed by atoms with E-state index in [2.05, 4.69) is 29.1 Å². The van der Waals surface area contributed by atoms with E-state index in [9.17, 15) is 4.39 Å². The molecule has 0 amide bonds. The van der Waals surface area contributed by atoms with Crippen LogP contribution in [0.5, 0.6) is 0 Å². The van der Waals surface area contributed by atoms with Gasteiger partial charge < -0.3 is 5.32 Å². The van der Waals surface area contributed by atoms with Gasteiger partial charge in [0.1, 0.15) is 5.82 Å². The number of nitrogens with one attached hydrogen (secondary N) is 1. The van der Waals surface area contributed by atoms with Gasteiger partial charge in [-0.2, -0.15) is 0 Å². The fourth-order valence-corrected chi connectivity index (χ4v) is 2.67. The van der Waals surface area contributed by atoms with Gasteiger partial charge in [-0.15, -0.1) is 0 Å². The first kappa shape index (κ1) is 15.9. The van der Waals surface area contributed by atoms with E-state index in [1.807, 2.05) is 13.0 Å². The Hall–Kier alpha value is -1.46. The highest BCUT2D eigenvalue weighted by molar-refractivity contribution is 7.99. The Kier molecular flexibility index (Phi) is 5.70. The molecule has 0 aliphatic rings. The number of benzene rings is 1. The Morgan fingerprint density at radius 2 is 1.95 bits per heavy atom. The zero-order valence-corrected chi connectivity index (χ0v) is 13.4. The van der Waals surface area contributed by atoms with E-state index in [0.717, 1.165) is 17.0 Å². The first-order chi connectivity index (χ1) is 10.1. The highest BCUT2D eigenvalue weighted by atomic mass is 32.2. The van der Waals surface area contributed by atoms with Crippen molar-refractivity contribution in [2.24, 2.45) is 5.92 Å². The second-order valence-corrected chi connectivity index (χ2v) is 6.40. The highest BCUT2D eigenvalue weighted by Crippen LogP contribution is 2.29. The van der Waals surface area contributed by atoms with Crippen molar-refractivity contribution in [1.29, 1.82) is 0 Å². The third-order valence-electron chi connectivity index (χ3n) is 2.89. The minimum Gasteiger partial charge on any atom is -0.312 e. The van der Waals surface area contributed by atoms with E-state index >= 15 is 0 Å². The van der Waals surface area contributed by atoms with Gasteiger partial charge in [0.05, 0.1) is 0 Å². The van der Waals surface area contributed by atoms with Gasteiger partial charge in [0, 0.05) is 29.4 Å². The summed E-state index contributed by atoms with van der Waals surface area (Å²) in [5.41, 5.74) is 1.68. The van der Waals surface area contributed by atoms with Gasteiger partial charge in [0.2, 0.25) is 0 Å². The summed E-state index contributed by atoms with van der Waals surface area (Å²) in [6.07, 6.45) is 3.54. The molecule has 0 atom stereocenters. The van der Waals surface area contributed by atoms with E-state index in [4.69, 9.17) is 0 Å². The smallest absolute Gasteiger partial charge is 0.192 e. The molecule has 21 heavy (non-hydrogen) atoms. The van der Waals surface area contributed by atoms with Crippen LogP contribution < -0.4 is 5.32 Å². The van der Waals surface area contributed by atoms with Gasteiger partial charge in [0.25, 0.3) is 0 Å². The van der Waals surface area contributed by atoms with Crippen molar-refractivity contribution in [3.63, 3.8) is 0 Å². The minimum atomic E-state index is -0.191. The molecular weight excluding hydrogens is 285 g/mol. The maximum atomic E-state index is 14.0. The Labute approximate surface area is 129 Å². The molecule has 0 spiro atoms. The standard InChI is InChI=1S/C16H20FN3S/c1-11(2)7-18-10-13-14(17)5-4-6-15(13)21-16-19-8-12(3)9-20-16/h4-6,8-9,11,18H,7,10H2,1-3H3. The van der Waals surface area contributed by atoms with E-state index in [1.165, 1.54) is 17.8 Å². The van der Waals surface area contributed by atoms with Gasteiger partial charge in [-0.05, 0) is 48.8 Å².